The normalized spacial score (nSPS) is 8.31. The second-order valence-electron chi connectivity index (χ2n) is 2.34. The Kier molecular flexibility index (Phi) is 5.88. The maximum Gasteiger partial charge on any atom is 0.414 e. The monoisotopic (exact) mass is 228 g/mol. The number of methoxy groups -OCH3 is 1. The number of aliphatic carboxylic acids is 2. The van der Waals surface area contributed by atoms with E-state index in [0.29, 0.717) is 5.56 Å². The first-order valence-corrected chi connectivity index (χ1v) is 3.93. The lowest BCUT2D eigenvalue weighted by atomic mass is 10.3. The van der Waals surface area contributed by atoms with E-state index in [4.69, 9.17) is 19.8 Å². The van der Waals surface area contributed by atoms with Gasteiger partial charge in [0, 0.05) is 12.4 Å². The van der Waals surface area contributed by atoms with Crippen molar-refractivity contribution in [3.05, 3.63) is 30.1 Å². The number of carbonyl (C=O) groups excluding carboxylic acids is 1. The molecule has 0 bridgehead atoms. The van der Waals surface area contributed by atoms with Crippen molar-refractivity contribution in [2.24, 2.45) is 0 Å². The fourth-order valence-electron chi connectivity index (χ4n) is 0.601. The summed E-state index contributed by atoms with van der Waals surface area (Å²) in [5, 5.41) is 14.8. The predicted octanol–water partition coefficient (Wildman–Crippen LogP) is 0.0238. The zero-order valence-electron chi connectivity index (χ0n) is 8.28. The summed E-state index contributed by atoms with van der Waals surface area (Å²) in [4.78, 5) is 32.7. The molecule has 1 aromatic heterocycles. The molecule has 0 saturated heterocycles. The van der Waals surface area contributed by atoms with Gasteiger partial charge in [-0.1, -0.05) is 0 Å². The predicted molar refractivity (Wildman–Crippen MR) is 50.8 cm³/mol. The molecule has 7 heteroatoms. The zero-order chi connectivity index (χ0) is 12.6. The minimum Gasteiger partial charge on any atom is -0.473 e. The molecule has 0 aromatic carbocycles. The fraction of sp³-hybridized carbons (Fsp3) is 0.111. The average molecular weight is 228 g/mol. The Bertz CT molecular complexity index is 363. The van der Waals surface area contributed by atoms with Crippen molar-refractivity contribution >= 4 is 17.9 Å². The van der Waals surface area contributed by atoms with E-state index in [1.807, 2.05) is 0 Å². The standard InChI is InChI=1S/C7H7NO2.C2H2O4/c1-10-7(9)6-3-2-4-8-5-6;3-1(4)2(5)6/h2-5H,1H3;(H,3,4)(H,5,6)/i8+1;. The van der Waals surface area contributed by atoms with Gasteiger partial charge in [0.25, 0.3) is 0 Å². The number of hydrogen-bond donors (Lipinski definition) is 2. The van der Waals surface area contributed by atoms with Crippen molar-refractivity contribution in [2.75, 3.05) is 7.11 Å². The number of rotatable bonds is 1. The summed E-state index contributed by atoms with van der Waals surface area (Å²) in [5.74, 6) is -4.00. The van der Waals surface area contributed by atoms with Gasteiger partial charge in [0.05, 0.1) is 12.7 Å². The van der Waals surface area contributed by atoms with E-state index in [0.717, 1.165) is 0 Å². The first kappa shape index (κ1) is 13.6. The topological polar surface area (TPSA) is 114 Å². The first-order valence-electron chi connectivity index (χ1n) is 3.93. The van der Waals surface area contributed by atoms with Crippen LogP contribution in [0.15, 0.2) is 24.5 Å². The molecular formula is C9H9NO6. The van der Waals surface area contributed by atoms with E-state index in [1.54, 1.807) is 18.3 Å². The SMILES string of the molecule is COC(=O)c1ccc[15n]c1.O=C(O)C(=O)O. The summed E-state index contributed by atoms with van der Waals surface area (Å²) < 4.78 is 4.46. The van der Waals surface area contributed by atoms with Crippen LogP contribution in [0.4, 0.5) is 0 Å². The number of nitrogens with zero attached hydrogens (tertiary/aromatic N) is 1. The maximum atomic E-state index is 10.8. The van der Waals surface area contributed by atoms with Crippen LogP contribution in [0.25, 0.3) is 0 Å². The average Bonchev–Trinajstić information content (AvgIpc) is 2.30. The number of aromatic nitrogens is 1. The lowest BCUT2D eigenvalue weighted by Gasteiger charge is -1.94. The van der Waals surface area contributed by atoms with Gasteiger partial charge in [0.15, 0.2) is 0 Å². The molecule has 16 heavy (non-hydrogen) atoms. The molecular weight excluding hydrogens is 219 g/mol. The first-order chi connectivity index (χ1) is 7.49. The fourth-order valence-corrected chi connectivity index (χ4v) is 0.601. The molecule has 1 heterocycles. The van der Waals surface area contributed by atoms with E-state index in [1.165, 1.54) is 13.3 Å². The summed E-state index contributed by atoms with van der Waals surface area (Å²) in [5.41, 5.74) is 0.477. The molecule has 1 rings (SSSR count). The third kappa shape index (κ3) is 5.32. The molecule has 0 saturated carbocycles. The van der Waals surface area contributed by atoms with Crippen LogP contribution in [0.1, 0.15) is 10.4 Å². The number of hydrogen-bond acceptors (Lipinski definition) is 5. The number of carboxylic acids is 2. The molecule has 0 amide bonds. The largest absolute Gasteiger partial charge is 0.473 e. The van der Waals surface area contributed by atoms with E-state index in [9.17, 15) is 4.79 Å². The van der Waals surface area contributed by atoms with Crippen molar-refractivity contribution in [1.29, 1.82) is 0 Å². The van der Waals surface area contributed by atoms with Crippen molar-refractivity contribution < 1.29 is 29.3 Å². The Labute approximate surface area is 90.3 Å². The van der Waals surface area contributed by atoms with E-state index < -0.39 is 11.9 Å². The minimum absolute atomic E-state index is 0.354. The molecule has 0 radical (unpaired) electrons. The van der Waals surface area contributed by atoms with Crippen LogP contribution in [0.3, 0.4) is 0 Å². The van der Waals surface area contributed by atoms with Gasteiger partial charge in [-0.15, -0.1) is 0 Å². The Morgan fingerprint density at radius 1 is 1.25 bits per heavy atom. The molecule has 0 fully saturated rings. The van der Waals surface area contributed by atoms with E-state index in [-0.39, 0.29) is 5.97 Å². The van der Waals surface area contributed by atoms with Gasteiger partial charge in [-0.25, -0.2) is 14.4 Å². The van der Waals surface area contributed by atoms with Crippen LogP contribution in [0, 0.1) is 0 Å². The number of esters is 1. The molecule has 7 nitrogen and oxygen atoms in total. The highest BCUT2D eigenvalue weighted by atomic mass is 16.5. The Morgan fingerprint density at radius 3 is 2.12 bits per heavy atom. The van der Waals surface area contributed by atoms with Crippen molar-refractivity contribution in [2.45, 2.75) is 0 Å². The highest BCUT2D eigenvalue weighted by molar-refractivity contribution is 6.27. The molecule has 2 N–H and O–H groups in total. The van der Waals surface area contributed by atoms with Gasteiger partial charge in [-0.2, -0.15) is 0 Å². The highest BCUT2D eigenvalue weighted by Gasteiger charge is 2.04. The van der Waals surface area contributed by atoms with Crippen molar-refractivity contribution in [3.63, 3.8) is 0 Å². The molecule has 0 spiro atoms. The quantitative estimate of drug-likeness (QED) is 0.514. The summed E-state index contributed by atoms with van der Waals surface area (Å²) in [6.45, 7) is 0. The highest BCUT2D eigenvalue weighted by Crippen LogP contribution is 1.96. The third-order valence-corrected chi connectivity index (χ3v) is 1.27. The van der Waals surface area contributed by atoms with Crippen molar-refractivity contribution in [1.82, 2.24) is 4.98 Å². The summed E-state index contributed by atoms with van der Waals surface area (Å²) >= 11 is 0. The number of pyridine rings is 1. The van der Waals surface area contributed by atoms with Gasteiger partial charge < -0.3 is 14.9 Å². The lowest BCUT2D eigenvalue weighted by Crippen LogP contribution is -2.09. The molecule has 0 aliphatic rings. The van der Waals surface area contributed by atoms with Gasteiger partial charge in [-0.05, 0) is 12.1 Å². The Balaban J connectivity index is 0.000000325. The smallest absolute Gasteiger partial charge is 0.414 e. The lowest BCUT2D eigenvalue weighted by molar-refractivity contribution is -0.159. The number of ether oxygens (including phenoxy) is 1. The second kappa shape index (κ2) is 6.93. The van der Waals surface area contributed by atoms with E-state index in [2.05, 4.69) is 9.72 Å². The van der Waals surface area contributed by atoms with Crippen LogP contribution >= 0.6 is 0 Å². The molecule has 0 atom stereocenters. The van der Waals surface area contributed by atoms with Gasteiger partial charge >= 0.3 is 17.9 Å². The van der Waals surface area contributed by atoms with Gasteiger partial charge in [0.1, 0.15) is 0 Å². The third-order valence-electron chi connectivity index (χ3n) is 1.27. The summed E-state index contributed by atoms with van der Waals surface area (Å²) in [6.07, 6.45) is 3.07. The van der Waals surface area contributed by atoms with Crippen molar-refractivity contribution in [3.8, 4) is 0 Å². The minimum atomic E-state index is -1.82. The Hall–Kier alpha value is -2.44. The van der Waals surface area contributed by atoms with Crippen LogP contribution in [-0.2, 0) is 14.3 Å². The zero-order valence-corrected chi connectivity index (χ0v) is 8.28. The van der Waals surface area contributed by atoms with E-state index >= 15 is 0 Å². The number of carbonyl (C=O) groups is 3. The summed E-state index contributed by atoms with van der Waals surface area (Å²) in [6, 6.07) is 3.34. The molecule has 0 unspecified atom stereocenters. The molecule has 0 aliphatic heterocycles. The molecule has 1 aromatic rings. The Morgan fingerprint density at radius 2 is 1.81 bits per heavy atom. The van der Waals surface area contributed by atoms with Crippen LogP contribution in [0.5, 0.6) is 0 Å². The van der Waals surface area contributed by atoms with Crippen LogP contribution < -0.4 is 0 Å². The van der Waals surface area contributed by atoms with Gasteiger partial charge in [-0.3, -0.25) is 4.98 Å². The molecule has 0 aliphatic carbocycles. The molecule has 86 valence electrons. The number of carboxylic acid groups (broad SMARTS) is 2. The van der Waals surface area contributed by atoms with Crippen LogP contribution in [0.2, 0.25) is 0 Å². The second-order valence-corrected chi connectivity index (χ2v) is 2.34. The van der Waals surface area contributed by atoms with Gasteiger partial charge in [0.2, 0.25) is 0 Å². The maximum absolute atomic E-state index is 10.8. The van der Waals surface area contributed by atoms with Crippen LogP contribution in [-0.4, -0.2) is 40.2 Å². The summed E-state index contributed by atoms with van der Waals surface area (Å²) in [7, 11) is 1.34.